The first kappa shape index (κ1) is 20.7. The maximum absolute atomic E-state index is 12.4. The monoisotopic (exact) mass is 415 g/mol. The van der Waals surface area contributed by atoms with Gasteiger partial charge >= 0.3 is 5.97 Å². The third-order valence-corrected chi connectivity index (χ3v) is 5.08. The van der Waals surface area contributed by atoms with Crippen LogP contribution in [-0.2, 0) is 4.79 Å². The molecule has 0 saturated carbocycles. The maximum atomic E-state index is 12.4. The second-order valence-electron chi connectivity index (χ2n) is 6.94. The van der Waals surface area contributed by atoms with E-state index in [0.717, 1.165) is 25.9 Å². The van der Waals surface area contributed by atoms with Crippen molar-refractivity contribution in [3.8, 4) is 0 Å². The zero-order chi connectivity index (χ0) is 21.0. The van der Waals surface area contributed by atoms with E-state index >= 15 is 0 Å². The van der Waals surface area contributed by atoms with E-state index in [2.05, 4.69) is 5.32 Å². The fourth-order valence-corrected chi connectivity index (χ4v) is 3.43. The van der Waals surface area contributed by atoms with Gasteiger partial charge in [-0.05, 0) is 49.2 Å². The van der Waals surface area contributed by atoms with Crippen LogP contribution in [-0.4, -0.2) is 54.5 Å². The molecule has 0 unspecified atom stereocenters. The number of likely N-dealkylation sites (tertiary alicyclic amines) is 1. The molecule has 0 bridgehead atoms. The quantitative estimate of drug-likeness (QED) is 0.755. The lowest BCUT2D eigenvalue weighted by atomic mass is 10.1. The Morgan fingerprint density at radius 2 is 1.86 bits per heavy atom. The maximum Gasteiger partial charge on any atom is 0.337 e. The van der Waals surface area contributed by atoms with Crippen LogP contribution in [0.25, 0.3) is 0 Å². The Labute approximate surface area is 173 Å². The fourth-order valence-electron chi connectivity index (χ4n) is 3.24. The number of benzene rings is 2. The molecule has 2 aromatic rings. The average molecular weight is 416 g/mol. The van der Waals surface area contributed by atoms with E-state index in [9.17, 15) is 19.5 Å². The summed E-state index contributed by atoms with van der Waals surface area (Å²) in [5.74, 6) is -1.62. The molecule has 7 nitrogen and oxygen atoms in total. The normalized spacial score (nSPS) is 13.2. The van der Waals surface area contributed by atoms with Crippen LogP contribution >= 0.6 is 11.6 Å². The van der Waals surface area contributed by atoms with E-state index in [1.807, 2.05) is 4.90 Å². The molecule has 2 amide bonds. The highest BCUT2D eigenvalue weighted by atomic mass is 35.5. The van der Waals surface area contributed by atoms with E-state index in [1.165, 1.54) is 18.2 Å². The molecule has 0 atom stereocenters. The predicted molar refractivity (Wildman–Crippen MR) is 112 cm³/mol. The van der Waals surface area contributed by atoms with Crippen molar-refractivity contribution in [2.75, 3.05) is 36.9 Å². The smallest absolute Gasteiger partial charge is 0.337 e. The first-order chi connectivity index (χ1) is 13.8. The Morgan fingerprint density at radius 1 is 1.14 bits per heavy atom. The first-order valence-corrected chi connectivity index (χ1v) is 9.66. The highest BCUT2D eigenvalue weighted by Crippen LogP contribution is 2.24. The number of likely N-dealkylation sites (N-methyl/N-ethyl adjacent to an activating group) is 1. The summed E-state index contributed by atoms with van der Waals surface area (Å²) in [7, 11) is 1.74. The van der Waals surface area contributed by atoms with Gasteiger partial charge < -0.3 is 20.2 Å². The molecule has 29 heavy (non-hydrogen) atoms. The van der Waals surface area contributed by atoms with Crippen molar-refractivity contribution in [3.63, 3.8) is 0 Å². The zero-order valence-electron chi connectivity index (χ0n) is 16.0. The van der Waals surface area contributed by atoms with Crippen LogP contribution in [0.1, 0.15) is 33.6 Å². The van der Waals surface area contributed by atoms with Crippen molar-refractivity contribution in [3.05, 3.63) is 58.6 Å². The van der Waals surface area contributed by atoms with Gasteiger partial charge in [0.15, 0.2) is 0 Å². The van der Waals surface area contributed by atoms with Gasteiger partial charge in [0.2, 0.25) is 5.91 Å². The van der Waals surface area contributed by atoms with Crippen molar-refractivity contribution in [1.29, 1.82) is 0 Å². The molecule has 0 aromatic heterocycles. The SMILES string of the molecule is CN(CC(=O)N1CCCC1)c1ccc(NC(=O)c2cccc(Cl)c2)c(C(=O)O)c1. The Hall–Kier alpha value is -3.06. The number of nitrogens with one attached hydrogen (secondary N) is 1. The molecule has 0 spiro atoms. The number of hydrogen-bond donors (Lipinski definition) is 2. The molecule has 3 rings (SSSR count). The number of rotatable bonds is 6. The van der Waals surface area contributed by atoms with Crippen molar-refractivity contribution < 1.29 is 19.5 Å². The minimum Gasteiger partial charge on any atom is -0.478 e. The van der Waals surface area contributed by atoms with Crippen molar-refractivity contribution >= 4 is 40.8 Å². The van der Waals surface area contributed by atoms with Crippen LogP contribution in [0.5, 0.6) is 0 Å². The fraction of sp³-hybridized carbons (Fsp3) is 0.286. The topological polar surface area (TPSA) is 90.0 Å². The second kappa shape index (κ2) is 8.96. The lowest BCUT2D eigenvalue weighted by Gasteiger charge is -2.23. The molecule has 0 aliphatic carbocycles. The summed E-state index contributed by atoms with van der Waals surface area (Å²) in [5.41, 5.74) is 1.02. The van der Waals surface area contributed by atoms with Gasteiger partial charge in [0.05, 0.1) is 17.8 Å². The number of hydrogen-bond acceptors (Lipinski definition) is 4. The van der Waals surface area contributed by atoms with Gasteiger partial charge in [-0.15, -0.1) is 0 Å². The van der Waals surface area contributed by atoms with Gasteiger partial charge in [-0.1, -0.05) is 17.7 Å². The van der Waals surface area contributed by atoms with Gasteiger partial charge in [0.1, 0.15) is 0 Å². The number of halogens is 1. The Morgan fingerprint density at radius 3 is 2.52 bits per heavy atom. The van der Waals surface area contributed by atoms with Gasteiger partial charge in [0, 0.05) is 36.4 Å². The number of carbonyl (C=O) groups excluding carboxylic acids is 2. The number of aromatic carboxylic acids is 1. The Bertz CT molecular complexity index is 941. The highest BCUT2D eigenvalue weighted by Gasteiger charge is 2.21. The second-order valence-corrected chi connectivity index (χ2v) is 7.38. The molecule has 1 saturated heterocycles. The van der Waals surface area contributed by atoms with E-state index in [1.54, 1.807) is 36.2 Å². The number of amides is 2. The summed E-state index contributed by atoms with van der Waals surface area (Å²) in [6.45, 7) is 1.69. The van der Waals surface area contributed by atoms with E-state index < -0.39 is 11.9 Å². The van der Waals surface area contributed by atoms with Crippen LogP contribution < -0.4 is 10.2 Å². The summed E-state index contributed by atoms with van der Waals surface area (Å²) >= 11 is 5.91. The first-order valence-electron chi connectivity index (χ1n) is 9.28. The standard InChI is InChI=1S/C21H22ClN3O4/c1-24(13-19(26)25-9-2-3-10-25)16-7-8-18(17(12-16)21(28)29)23-20(27)14-5-4-6-15(22)11-14/h4-8,11-12H,2-3,9-10,13H2,1H3,(H,23,27)(H,28,29). The van der Waals surface area contributed by atoms with E-state index in [4.69, 9.17) is 11.6 Å². The molecule has 2 N–H and O–H groups in total. The van der Waals surface area contributed by atoms with Gasteiger partial charge in [-0.3, -0.25) is 9.59 Å². The van der Waals surface area contributed by atoms with Crippen LogP contribution in [0.15, 0.2) is 42.5 Å². The molecule has 0 radical (unpaired) electrons. The summed E-state index contributed by atoms with van der Waals surface area (Å²) in [6.07, 6.45) is 2.03. The third kappa shape index (κ3) is 5.06. The molecule has 8 heteroatoms. The summed E-state index contributed by atoms with van der Waals surface area (Å²) < 4.78 is 0. The number of carboxylic acids is 1. The molecule has 1 heterocycles. The van der Waals surface area contributed by atoms with Crippen LogP contribution in [0.2, 0.25) is 5.02 Å². The van der Waals surface area contributed by atoms with E-state index in [0.29, 0.717) is 16.3 Å². The molecular formula is C21H22ClN3O4. The third-order valence-electron chi connectivity index (χ3n) is 4.84. The van der Waals surface area contributed by atoms with Crippen molar-refractivity contribution in [1.82, 2.24) is 4.90 Å². The van der Waals surface area contributed by atoms with Crippen molar-refractivity contribution in [2.45, 2.75) is 12.8 Å². The molecule has 1 fully saturated rings. The van der Waals surface area contributed by atoms with Crippen molar-refractivity contribution in [2.24, 2.45) is 0 Å². The molecular weight excluding hydrogens is 394 g/mol. The predicted octanol–water partition coefficient (Wildman–Crippen LogP) is 3.35. The zero-order valence-corrected chi connectivity index (χ0v) is 16.8. The van der Waals surface area contributed by atoms with Gasteiger partial charge in [-0.2, -0.15) is 0 Å². The van der Waals surface area contributed by atoms with E-state index in [-0.39, 0.29) is 23.7 Å². The largest absolute Gasteiger partial charge is 0.478 e. The van der Waals surface area contributed by atoms with Crippen LogP contribution in [0.4, 0.5) is 11.4 Å². The molecule has 152 valence electrons. The van der Waals surface area contributed by atoms with Gasteiger partial charge in [-0.25, -0.2) is 4.79 Å². The molecule has 1 aliphatic rings. The molecule has 2 aromatic carbocycles. The highest BCUT2D eigenvalue weighted by molar-refractivity contribution is 6.31. The lowest BCUT2D eigenvalue weighted by molar-refractivity contribution is -0.128. The van der Waals surface area contributed by atoms with Crippen LogP contribution in [0, 0.1) is 0 Å². The summed E-state index contributed by atoms with van der Waals surface area (Å²) in [4.78, 5) is 40.0. The minimum atomic E-state index is -1.17. The Balaban J connectivity index is 1.76. The number of anilines is 2. The number of carbonyl (C=O) groups is 3. The van der Waals surface area contributed by atoms with Gasteiger partial charge in [0.25, 0.3) is 5.91 Å². The molecule has 1 aliphatic heterocycles. The lowest BCUT2D eigenvalue weighted by Crippen LogP contribution is -2.37. The number of nitrogens with zero attached hydrogens (tertiary/aromatic N) is 2. The minimum absolute atomic E-state index is 0.0141. The Kier molecular flexibility index (Phi) is 6.39. The summed E-state index contributed by atoms with van der Waals surface area (Å²) in [5, 5.41) is 12.6. The van der Waals surface area contributed by atoms with Crippen LogP contribution in [0.3, 0.4) is 0 Å². The number of carboxylic acid groups (broad SMARTS) is 1. The summed E-state index contributed by atoms with van der Waals surface area (Å²) in [6, 6.07) is 11.0. The average Bonchev–Trinajstić information content (AvgIpc) is 3.23.